The molecule has 2 atom stereocenters. The smallest absolute Gasteiger partial charge is 0.180 e. The van der Waals surface area contributed by atoms with Crippen LogP contribution >= 0.6 is 0 Å². The molecule has 3 heterocycles. The van der Waals surface area contributed by atoms with Gasteiger partial charge in [0.1, 0.15) is 12.4 Å². The topological polar surface area (TPSA) is 76.4 Å². The molecule has 0 amide bonds. The molecule has 7 heteroatoms. The largest absolute Gasteiger partial charge is 0.489 e. The van der Waals surface area contributed by atoms with E-state index in [0.717, 1.165) is 59.8 Å². The fraction of sp³-hybridized carbons (Fsp3) is 0.407. The third-order valence-electron chi connectivity index (χ3n) is 6.57. The number of aliphatic hydroxyl groups is 1. The highest BCUT2D eigenvalue weighted by Crippen LogP contribution is 2.37. The molecule has 0 bridgehead atoms. The number of benzene rings is 2. The van der Waals surface area contributed by atoms with Crippen LogP contribution in [0.2, 0.25) is 0 Å². The van der Waals surface area contributed by atoms with E-state index in [4.69, 9.17) is 14.3 Å². The number of ether oxygens (including phenoxy) is 2. The van der Waals surface area contributed by atoms with E-state index in [0.29, 0.717) is 25.3 Å². The minimum atomic E-state index is -0.632. The van der Waals surface area contributed by atoms with Crippen LogP contribution in [-0.4, -0.2) is 59.7 Å². The molecule has 34 heavy (non-hydrogen) atoms. The van der Waals surface area contributed by atoms with E-state index < -0.39 is 11.7 Å². The van der Waals surface area contributed by atoms with Gasteiger partial charge < -0.3 is 19.4 Å². The predicted molar refractivity (Wildman–Crippen MR) is 131 cm³/mol. The van der Waals surface area contributed by atoms with Crippen LogP contribution in [0.5, 0.6) is 5.75 Å². The van der Waals surface area contributed by atoms with Gasteiger partial charge in [0.25, 0.3) is 0 Å². The van der Waals surface area contributed by atoms with E-state index in [1.807, 2.05) is 49.4 Å². The number of nitrogens with zero attached hydrogens (tertiary/aromatic N) is 3. The molecular weight excluding hydrogens is 430 g/mol. The van der Waals surface area contributed by atoms with E-state index in [9.17, 15) is 5.11 Å². The molecule has 1 aromatic heterocycles. The lowest BCUT2D eigenvalue weighted by Crippen LogP contribution is -2.46. The molecule has 2 aliphatic heterocycles. The molecule has 2 aromatic carbocycles. The Morgan fingerprint density at radius 2 is 1.88 bits per heavy atom. The highest BCUT2D eigenvalue weighted by atomic mass is 16.7. The number of morpholine rings is 1. The van der Waals surface area contributed by atoms with Crippen molar-refractivity contribution in [3.05, 3.63) is 71.4 Å². The molecule has 2 unspecified atom stereocenters. The first-order valence-corrected chi connectivity index (χ1v) is 11.8. The summed E-state index contributed by atoms with van der Waals surface area (Å²) in [5.41, 5.74) is 4.15. The maximum atomic E-state index is 10.1. The number of fused-ring (bicyclic) bond motifs is 1. The van der Waals surface area contributed by atoms with Gasteiger partial charge in [0.05, 0.1) is 30.5 Å². The number of aromatic nitrogens is 1. The highest BCUT2D eigenvalue weighted by Gasteiger charge is 2.43. The summed E-state index contributed by atoms with van der Waals surface area (Å²) in [6.45, 7) is 8.04. The molecule has 1 N–H and O–H groups in total. The van der Waals surface area contributed by atoms with Gasteiger partial charge >= 0.3 is 0 Å². The van der Waals surface area contributed by atoms with E-state index >= 15 is 0 Å². The van der Waals surface area contributed by atoms with Crippen molar-refractivity contribution in [2.24, 2.45) is 5.16 Å². The number of aliphatic hydroxyl groups excluding tert-OH is 1. The Bertz CT molecular complexity index is 1170. The Morgan fingerprint density at radius 1 is 1.12 bits per heavy atom. The van der Waals surface area contributed by atoms with Crippen molar-refractivity contribution < 1.29 is 19.4 Å². The van der Waals surface area contributed by atoms with Crippen molar-refractivity contribution in [2.75, 3.05) is 32.8 Å². The lowest BCUT2D eigenvalue weighted by Gasteiger charge is -2.35. The van der Waals surface area contributed by atoms with Gasteiger partial charge in [-0.1, -0.05) is 35.5 Å². The highest BCUT2D eigenvalue weighted by molar-refractivity contribution is 5.90. The van der Waals surface area contributed by atoms with Crippen molar-refractivity contribution in [1.82, 2.24) is 9.88 Å². The number of aryl methyl sites for hydroxylation is 1. The molecule has 0 saturated carbocycles. The molecular formula is C27H31N3O4. The first-order valence-electron chi connectivity index (χ1n) is 11.8. The Hall–Kier alpha value is -3.00. The fourth-order valence-electron chi connectivity index (χ4n) is 4.71. The first-order chi connectivity index (χ1) is 16.5. The fourth-order valence-corrected chi connectivity index (χ4v) is 4.71. The quantitative estimate of drug-likeness (QED) is 0.577. The van der Waals surface area contributed by atoms with Crippen LogP contribution in [0.25, 0.3) is 10.9 Å². The van der Waals surface area contributed by atoms with Crippen molar-refractivity contribution in [1.29, 1.82) is 0 Å². The van der Waals surface area contributed by atoms with Crippen molar-refractivity contribution in [3.63, 3.8) is 0 Å². The summed E-state index contributed by atoms with van der Waals surface area (Å²) in [4.78, 5) is 13.0. The molecule has 178 valence electrons. The second-order valence-electron chi connectivity index (χ2n) is 9.16. The van der Waals surface area contributed by atoms with Crippen LogP contribution in [0.3, 0.4) is 0 Å². The maximum absolute atomic E-state index is 10.1. The average molecular weight is 462 g/mol. The summed E-state index contributed by atoms with van der Waals surface area (Å²) in [6, 6.07) is 18.3. The Balaban J connectivity index is 1.33. The third kappa shape index (κ3) is 4.78. The van der Waals surface area contributed by atoms with Crippen LogP contribution in [0.4, 0.5) is 0 Å². The summed E-state index contributed by atoms with van der Waals surface area (Å²) in [5, 5.41) is 15.4. The van der Waals surface area contributed by atoms with Crippen molar-refractivity contribution in [2.45, 2.75) is 38.6 Å². The summed E-state index contributed by atoms with van der Waals surface area (Å²) in [7, 11) is 0. The standard InChI is InChI=1S/C27H31N3O4/c1-19-15-21(24-5-3-4-6-25(24)28-19)17-33-23-9-7-22(8-10-23)27(16-26(20(2)31)29-34-27)18-30-11-13-32-14-12-30/h3-10,15,20,31H,11-14,16-18H2,1-2H3. The number of para-hydroxylation sites is 1. The summed E-state index contributed by atoms with van der Waals surface area (Å²) >= 11 is 0. The van der Waals surface area contributed by atoms with E-state index in [2.05, 4.69) is 27.2 Å². The minimum absolute atomic E-state index is 0.466. The molecule has 1 saturated heterocycles. The lowest BCUT2D eigenvalue weighted by atomic mass is 9.87. The summed E-state index contributed by atoms with van der Waals surface area (Å²) in [6.07, 6.45) is -0.0716. The van der Waals surface area contributed by atoms with Crippen LogP contribution < -0.4 is 4.74 Å². The van der Waals surface area contributed by atoms with Gasteiger partial charge in [0.2, 0.25) is 0 Å². The molecule has 3 aromatic rings. The van der Waals surface area contributed by atoms with Gasteiger partial charge in [-0.05, 0) is 38.1 Å². The number of pyridine rings is 1. The molecule has 2 aliphatic rings. The van der Waals surface area contributed by atoms with Gasteiger partial charge in [-0.3, -0.25) is 9.88 Å². The molecule has 7 nitrogen and oxygen atoms in total. The number of hydrogen-bond acceptors (Lipinski definition) is 7. The molecule has 0 radical (unpaired) electrons. The van der Waals surface area contributed by atoms with Crippen molar-refractivity contribution in [3.8, 4) is 5.75 Å². The second-order valence-corrected chi connectivity index (χ2v) is 9.16. The summed E-state index contributed by atoms with van der Waals surface area (Å²) < 4.78 is 11.7. The number of rotatable bonds is 7. The van der Waals surface area contributed by atoms with Crippen LogP contribution in [0.15, 0.2) is 59.8 Å². The zero-order chi connectivity index (χ0) is 23.5. The van der Waals surface area contributed by atoms with Gasteiger partial charge in [0, 0.05) is 48.3 Å². The maximum Gasteiger partial charge on any atom is 0.180 e. The Labute approximate surface area is 200 Å². The zero-order valence-corrected chi connectivity index (χ0v) is 19.7. The third-order valence-corrected chi connectivity index (χ3v) is 6.57. The predicted octanol–water partition coefficient (Wildman–Crippen LogP) is 3.81. The van der Waals surface area contributed by atoms with E-state index in [-0.39, 0.29) is 0 Å². The normalized spacial score (nSPS) is 21.8. The van der Waals surface area contributed by atoms with Gasteiger partial charge in [-0.15, -0.1) is 0 Å². The van der Waals surface area contributed by atoms with Gasteiger partial charge in [0.15, 0.2) is 5.60 Å². The lowest BCUT2D eigenvalue weighted by molar-refractivity contribution is -0.0661. The van der Waals surface area contributed by atoms with Crippen LogP contribution in [0, 0.1) is 6.92 Å². The first kappa shape index (κ1) is 22.8. The zero-order valence-electron chi connectivity index (χ0n) is 19.7. The number of oxime groups is 1. The second kappa shape index (κ2) is 9.70. The minimum Gasteiger partial charge on any atom is -0.489 e. The van der Waals surface area contributed by atoms with Crippen molar-refractivity contribution >= 4 is 16.6 Å². The number of hydrogen-bond donors (Lipinski definition) is 1. The van der Waals surface area contributed by atoms with E-state index in [1.165, 1.54) is 0 Å². The summed E-state index contributed by atoms with van der Waals surface area (Å²) in [5.74, 6) is 0.790. The van der Waals surface area contributed by atoms with E-state index in [1.54, 1.807) is 6.92 Å². The monoisotopic (exact) mass is 461 g/mol. The van der Waals surface area contributed by atoms with Gasteiger partial charge in [-0.2, -0.15) is 0 Å². The SMILES string of the molecule is Cc1cc(COc2ccc(C3(CN4CCOCC4)CC(C(C)O)=NO3)cc2)c2ccccc2n1. The molecule has 0 spiro atoms. The average Bonchev–Trinajstić information content (AvgIpc) is 3.29. The van der Waals surface area contributed by atoms with Crippen LogP contribution in [-0.2, 0) is 21.8 Å². The Kier molecular flexibility index (Phi) is 6.50. The molecule has 1 fully saturated rings. The molecule has 5 rings (SSSR count). The molecule has 0 aliphatic carbocycles. The van der Waals surface area contributed by atoms with Gasteiger partial charge in [-0.25, -0.2) is 0 Å². The van der Waals surface area contributed by atoms with Crippen LogP contribution in [0.1, 0.15) is 30.2 Å². The Morgan fingerprint density at radius 3 is 2.62 bits per heavy atom.